The zero-order chi connectivity index (χ0) is 12.5. The Bertz CT molecular complexity index is 435. The van der Waals surface area contributed by atoms with Crippen LogP contribution >= 0.6 is 0 Å². The van der Waals surface area contributed by atoms with Crippen LogP contribution in [0.4, 0.5) is 0 Å². The van der Waals surface area contributed by atoms with Crippen molar-refractivity contribution in [3.8, 4) is 0 Å². The summed E-state index contributed by atoms with van der Waals surface area (Å²) in [6.45, 7) is 1.84. The van der Waals surface area contributed by atoms with Crippen LogP contribution in [0, 0.1) is 0 Å². The summed E-state index contributed by atoms with van der Waals surface area (Å²) in [6, 6.07) is 10.6. The van der Waals surface area contributed by atoms with E-state index in [0.717, 1.165) is 13.1 Å². The van der Waals surface area contributed by atoms with Gasteiger partial charge in [0.05, 0.1) is 12.1 Å². The third-order valence-electron chi connectivity index (χ3n) is 3.92. The van der Waals surface area contributed by atoms with Gasteiger partial charge in [-0.2, -0.15) is 0 Å². The SMILES string of the molecule is CN1C[C@H]2NC[C@H](c3ccccc3)[C@H]2OCC1=O. The molecule has 1 N–H and O–H groups in total. The summed E-state index contributed by atoms with van der Waals surface area (Å²) in [5.74, 6) is 0.411. The highest BCUT2D eigenvalue weighted by molar-refractivity contribution is 5.77. The van der Waals surface area contributed by atoms with Crippen LogP contribution < -0.4 is 5.32 Å². The molecule has 3 rings (SSSR count). The molecule has 2 saturated heterocycles. The van der Waals surface area contributed by atoms with Crippen molar-refractivity contribution in [3.05, 3.63) is 35.9 Å². The van der Waals surface area contributed by atoms with E-state index < -0.39 is 0 Å². The topological polar surface area (TPSA) is 41.6 Å². The van der Waals surface area contributed by atoms with Crippen molar-refractivity contribution >= 4 is 5.91 Å². The predicted octanol–water partition coefficient (Wildman–Crippen LogP) is 0.599. The summed E-state index contributed by atoms with van der Waals surface area (Å²) < 4.78 is 5.82. The van der Waals surface area contributed by atoms with Gasteiger partial charge in [-0.15, -0.1) is 0 Å². The van der Waals surface area contributed by atoms with Crippen LogP contribution in [0.5, 0.6) is 0 Å². The minimum atomic E-state index is 0.0676. The van der Waals surface area contributed by atoms with E-state index in [4.69, 9.17) is 4.74 Å². The van der Waals surface area contributed by atoms with E-state index in [9.17, 15) is 4.79 Å². The molecule has 0 saturated carbocycles. The van der Waals surface area contributed by atoms with Crippen LogP contribution in [0.2, 0.25) is 0 Å². The van der Waals surface area contributed by atoms with Gasteiger partial charge in [0.2, 0.25) is 5.91 Å². The van der Waals surface area contributed by atoms with Crippen molar-refractivity contribution in [1.82, 2.24) is 10.2 Å². The van der Waals surface area contributed by atoms with Gasteiger partial charge in [-0.3, -0.25) is 4.79 Å². The average molecular weight is 246 g/mol. The zero-order valence-corrected chi connectivity index (χ0v) is 10.5. The number of hydrogen-bond donors (Lipinski definition) is 1. The smallest absolute Gasteiger partial charge is 0.248 e. The molecule has 4 heteroatoms. The number of nitrogens with zero attached hydrogens (tertiary/aromatic N) is 1. The first-order valence-electron chi connectivity index (χ1n) is 6.39. The molecule has 0 radical (unpaired) electrons. The van der Waals surface area contributed by atoms with Crippen LogP contribution in [0.1, 0.15) is 11.5 Å². The fraction of sp³-hybridized carbons (Fsp3) is 0.500. The molecule has 0 spiro atoms. The molecule has 0 aliphatic carbocycles. The van der Waals surface area contributed by atoms with Crippen LogP contribution in [-0.4, -0.2) is 49.7 Å². The number of benzene rings is 1. The molecular weight excluding hydrogens is 228 g/mol. The highest BCUT2D eigenvalue weighted by Crippen LogP contribution is 2.30. The second-order valence-corrected chi connectivity index (χ2v) is 5.08. The number of likely N-dealkylation sites (N-methyl/N-ethyl adjacent to an activating group) is 1. The number of ether oxygens (including phenoxy) is 1. The molecule has 2 heterocycles. The van der Waals surface area contributed by atoms with E-state index in [-0.39, 0.29) is 24.7 Å². The number of carbonyl (C=O) groups excluding carboxylic acids is 1. The monoisotopic (exact) mass is 246 g/mol. The molecule has 1 aromatic rings. The van der Waals surface area contributed by atoms with Gasteiger partial charge >= 0.3 is 0 Å². The Labute approximate surface area is 107 Å². The Morgan fingerprint density at radius 3 is 2.89 bits per heavy atom. The molecule has 1 aromatic carbocycles. The summed E-state index contributed by atoms with van der Waals surface area (Å²) in [6.07, 6.45) is 0.0984. The van der Waals surface area contributed by atoms with Crippen LogP contribution in [-0.2, 0) is 9.53 Å². The molecule has 2 fully saturated rings. The van der Waals surface area contributed by atoms with E-state index in [0.29, 0.717) is 5.92 Å². The summed E-state index contributed by atoms with van der Waals surface area (Å²) in [5, 5.41) is 3.48. The minimum absolute atomic E-state index is 0.0676. The van der Waals surface area contributed by atoms with Gasteiger partial charge in [-0.1, -0.05) is 30.3 Å². The first-order valence-corrected chi connectivity index (χ1v) is 6.39. The molecule has 0 unspecified atom stereocenters. The molecular formula is C14H18N2O2. The van der Waals surface area contributed by atoms with E-state index in [1.54, 1.807) is 4.90 Å². The molecule has 2 aliphatic heterocycles. The number of rotatable bonds is 1. The van der Waals surface area contributed by atoms with Gasteiger partial charge in [0.15, 0.2) is 0 Å². The van der Waals surface area contributed by atoms with E-state index >= 15 is 0 Å². The highest BCUT2D eigenvalue weighted by Gasteiger charge is 2.40. The third kappa shape index (κ3) is 2.02. The summed E-state index contributed by atoms with van der Waals surface area (Å²) in [7, 11) is 1.84. The molecule has 4 nitrogen and oxygen atoms in total. The normalized spacial score (nSPS) is 32.2. The van der Waals surface area contributed by atoms with Gasteiger partial charge in [-0.05, 0) is 5.56 Å². The van der Waals surface area contributed by atoms with Gasteiger partial charge in [-0.25, -0.2) is 0 Å². The lowest BCUT2D eigenvalue weighted by molar-refractivity contribution is -0.133. The van der Waals surface area contributed by atoms with Gasteiger partial charge in [0.25, 0.3) is 0 Å². The molecule has 2 aliphatic rings. The van der Waals surface area contributed by atoms with E-state index in [1.807, 2.05) is 13.1 Å². The largest absolute Gasteiger partial charge is 0.366 e. The quantitative estimate of drug-likeness (QED) is 0.789. The van der Waals surface area contributed by atoms with Crippen molar-refractivity contribution < 1.29 is 9.53 Å². The summed E-state index contributed by atoms with van der Waals surface area (Å²) in [4.78, 5) is 13.4. The lowest BCUT2D eigenvalue weighted by Crippen LogP contribution is -2.40. The van der Waals surface area contributed by atoms with Gasteiger partial charge < -0.3 is 15.0 Å². The van der Waals surface area contributed by atoms with Crippen molar-refractivity contribution in [3.63, 3.8) is 0 Å². The third-order valence-corrected chi connectivity index (χ3v) is 3.92. The second-order valence-electron chi connectivity index (χ2n) is 5.08. The Kier molecular flexibility index (Phi) is 3.06. The number of fused-ring (bicyclic) bond motifs is 1. The molecule has 3 atom stereocenters. The molecule has 96 valence electrons. The van der Waals surface area contributed by atoms with Crippen LogP contribution in [0.3, 0.4) is 0 Å². The van der Waals surface area contributed by atoms with Gasteiger partial charge in [0.1, 0.15) is 6.61 Å². The molecule has 18 heavy (non-hydrogen) atoms. The molecule has 1 amide bonds. The Morgan fingerprint density at radius 1 is 1.33 bits per heavy atom. The second kappa shape index (κ2) is 4.71. The van der Waals surface area contributed by atoms with Gasteiger partial charge in [0, 0.05) is 26.1 Å². The number of carbonyl (C=O) groups is 1. The predicted molar refractivity (Wildman–Crippen MR) is 68.4 cm³/mol. The van der Waals surface area contributed by atoms with E-state index in [1.165, 1.54) is 5.56 Å². The maximum absolute atomic E-state index is 11.7. The maximum Gasteiger partial charge on any atom is 0.248 e. The zero-order valence-electron chi connectivity index (χ0n) is 10.5. The van der Waals surface area contributed by atoms with Crippen molar-refractivity contribution in [1.29, 1.82) is 0 Å². The molecule has 0 bridgehead atoms. The first-order chi connectivity index (χ1) is 8.75. The van der Waals surface area contributed by atoms with Crippen molar-refractivity contribution in [2.24, 2.45) is 0 Å². The standard InChI is InChI=1S/C14H18N2O2/c1-16-8-12-14(18-9-13(16)17)11(7-15-12)10-5-3-2-4-6-10/h2-6,11-12,14-15H,7-9H2,1H3/t11-,12-,14-/m1/s1. The van der Waals surface area contributed by atoms with Crippen molar-refractivity contribution in [2.45, 2.75) is 18.1 Å². The first kappa shape index (κ1) is 11.7. The summed E-state index contributed by atoms with van der Waals surface area (Å²) in [5.41, 5.74) is 1.29. The van der Waals surface area contributed by atoms with Crippen molar-refractivity contribution in [2.75, 3.05) is 26.7 Å². The maximum atomic E-state index is 11.7. The highest BCUT2D eigenvalue weighted by atomic mass is 16.5. The minimum Gasteiger partial charge on any atom is -0.366 e. The fourth-order valence-electron chi connectivity index (χ4n) is 2.87. The average Bonchev–Trinajstić information content (AvgIpc) is 2.73. The van der Waals surface area contributed by atoms with Crippen LogP contribution in [0.15, 0.2) is 30.3 Å². The van der Waals surface area contributed by atoms with Crippen LogP contribution in [0.25, 0.3) is 0 Å². The summed E-state index contributed by atoms with van der Waals surface area (Å²) >= 11 is 0. The molecule has 0 aromatic heterocycles. The number of amides is 1. The van der Waals surface area contributed by atoms with E-state index in [2.05, 4.69) is 29.6 Å². The number of hydrogen-bond acceptors (Lipinski definition) is 3. The Hall–Kier alpha value is -1.39. The lowest BCUT2D eigenvalue weighted by atomic mass is 9.93. The lowest BCUT2D eigenvalue weighted by Gasteiger charge is -2.22. The fourth-order valence-corrected chi connectivity index (χ4v) is 2.87. The number of nitrogens with one attached hydrogen (secondary N) is 1. The Balaban J connectivity index is 1.82. The Morgan fingerprint density at radius 2 is 2.11 bits per heavy atom.